The van der Waals surface area contributed by atoms with E-state index in [2.05, 4.69) is 20.3 Å². The van der Waals surface area contributed by atoms with Crippen molar-refractivity contribution in [3.8, 4) is 16.9 Å². The van der Waals surface area contributed by atoms with E-state index >= 15 is 0 Å². The van der Waals surface area contributed by atoms with E-state index in [0.29, 0.717) is 18.2 Å². The molecule has 0 fully saturated rings. The molecule has 0 atom stereocenters. The summed E-state index contributed by atoms with van der Waals surface area (Å²) >= 11 is 7.62. The molecule has 3 aromatic heterocycles. The summed E-state index contributed by atoms with van der Waals surface area (Å²) in [5.74, 6) is 1.79. The van der Waals surface area contributed by atoms with Gasteiger partial charge in [0.25, 0.3) is 0 Å². The Hall–Kier alpha value is -2.91. The smallest absolute Gasteiger partial charge is 0.417 e. The van der Waals surface area contributed by atoms with Gasteiger partial charge in [0, 0.05) is 16.6 Å². The van der Waals surface area contributed by atoms with Crippen molar-refractivity contribution >= 4 is 44.8 Å². The van der Waals surface area contributed by atoms with E-state index in [-0.39, 0.29) is 10.8 Å². The highest BCUT2D eigenvalue weighted by atomic mass is 35.5. The van der Waals surface area contributed by atoms with Crippen LogP contribution in [0.15, 0.2) is 36.5 Å². The lowest BCUT2D eigenvalue weighted by Crippen LogP contribution is -2.07. The second-order valence-electron chi connectivity index (χ2n) is 6.97. The van der Waals surface area contributed by atoms with Gasteiger partial charge in [0.2, 0.25) is 0 Å². The summed E-state index contributed by atoms with van der Waals surface area (Å²) in [7, 11) is 0. The number of rotatable bonds is 5. The van der Waals surface area contributed by atoms with E-state index in [1.807, 2.05) is 38.1 Å². The molecule has 0 aliphatic carbocycles. The van der Waals surface area contributed by atoms with Gasteiger partial charge in [-0.15, -0.1) is 11.3 Å². The highest BCUT2D eigenvalue weighted by Gasteiger charge is 2.31. The van der Waals surface area contributed by atoms with Gasteiger partial charge in [0.15, 0.2) is 0 Å². The van der Waals surface area contributed by atoms with Gasteiger partial charge >= 0.3 is 6.18 Å². The van der Waals surface area contributed by atoms with Gasteiger partial charge < -0.3 is 10.1 Å². The van der Waals surface area contributed by atoms with E-state index in [9.17, 15) is 13.2 Å². The van der Waals surface area contributed by atoms with Crippen LogP contribution in [0.4, 0.5) is 24.8 Å². The number of nitrogens with one attached hydrogen (secondary N) is 1. The third-order valence-electron chi connectivity index (χ3n) is 4.70. The molecule has 0 unspecified atom stereocenters. The van der Waals surface area contributed by atoms with E-state index < -0.39 is 11.7 Å². The van der Waals surface area contributed by atoms with Crippen molar-refractivity contribution in [2.75, 3.05) is 11.9 Å². The standard InChI is InChI=1S/C22H18ClF3N4OS/c1-4-31-15-7-5-13(6-8-15)17-11(2)32-21-18(17)20(28-12(3)29-21)30-19-16(23)9-14(10-27-19)22(24,25)26/h5-10H,4H2,1-3H3,(H,27,28,29,30). The maximum atomic E-state index is 13.0. The van der Waals surface area contributed by atoms with E-state index in [4.69, 9.17) is 16.3 Å². The van der Waals surface area contributed by atoms with E-state index in [1.54, 1.807) is 6.92 Å². The number of ether oxygens (including phenoxy) is 1. The Morgan fingerprint density at radius 2 is 1.81 bits per heavy atom. The van der Waals surface area contributed by atoms with Crippen LogP contribution in [0.1, 0.15) is 23.2 Å². The Balaban J connectivity index is 1.82. The quantitative estimate of drug-likeness (QED) is 0.329. The lowest BCUT2D eigenvalue weighted by atomic mass is 10.0. The molecule has 0 saturated heterocycles. The van der Waals surface area contributed by atoms with Crippen LogP contribution in [0.3, 0.4) is 0 Å². The molecule has 5 nitrogen and oxygen atoms in total. The van der Waals surface area contributed by atoms with Crippen molar-refractivity contribution in [1.29, 1.82) is 0 Å². The molecular weight excluding hydrogens is 461 g/mol. The lowest BCUT2D eigenvalue weighted by molar-refractivity contribution is -0.137. The summed E-state index contributed by atoms with van der Waals surface area (Å²) in [6.07, 6.45) is -3.79. The monoisotopic (exact) mass is 478 g/mol. The van der Waals surface area contributed by atoms with Crippen LogP contribution in [0.2, 0.25) is 5.02 Å². The summed E-state index contributed by atoms with van der Waals surface area (Å²) in [6.45, 7) is 6.23. The number of aryl methyl sites for hydroxylation is 2. The Labute approximate surface area is 191 Å². The van der Waals surface area contributed by atoms with Crippen LogP contribution >= 0.6 is 22.9 Å². The maximum absolute atomic E-state index is 13.0. The summed E-state index contributed by atoms with van der Waals surface area (Å²) in [5, 5.41) is 3.61. The summed E-state index contributed by atoms with van der Waals surface area (Å²) < 4.78 is 44.4. The number of fused-ring (bicyclic) bond motifs is 1. The van der Waals surface area contributed by atoms with Gasteiger partial charge in [-0.3, -0.25) is 0 Å². The Bertz CT molecular complexity index is 1290. The van der Waals surface area contributed by atoms with Crippen molar-refractivity contribution < 1.29 is 17.9 Å². The second kappa shape index (κ2) is 8.55. The normalized spacial score (nSPS) is 11.7. The first-order chi connectivity index (χ1) is 15.2. The second-order valence-corrected chi connectivity index (χ2v) is 8.58. The molecular formula is C22H18ClF3N4OS. The molecule has 0 bridgehead atoms. The molecule has 10 heteroatoms. The van der Waals surface area contributed by atoms with E-state index in [0.717, 1.165) is 44.2 Å². The zero-order chi connectivity index (χ0) is 23.0. The fourth-order valence-corrected chi connectivity index (χ4v) is 4.64. The number of hydrogen-bond acceptors (Lipinski definition) is 6. The van der Waals surface area contributed by atoms with Gasteiger partial charge in [-0.25, -0.2) is 15.0 Å². The summed E-state index contributed by atoms with van der Waals surface area (Å²) in [5.41, 5.74) is 0.955. The van der Waals surface area contributed by atoms with Crippen molar-refractivity contribution in [2.24, 2.45) is 0 Å². The number of aromatic nitrogens is 3. The molecule has 0 aliphatic rings. The zero-order valence-electron chi connectivity index (χ0n) is 17.3. The maximum Gasteiger partial charge on any atom is 0.417 e. The minimum Gasteiger partial charge on any atom is -0.494 e. The molecule has 32 heavy (non-hydrogen) atoms. The summed E-state index contributed by atoms with van der Waals surface area (Å²) in [6, 6.07) is 8.52. The molecule has 1 N–H and O–H groups in total. The number of thiophene rings is 1. The lowest BCUT2D eigenvalue weighted by Gasteiger charge is -2.12. The van der Waals surface area contributed by atoms with Gasteiger partial charge in [0.05, 0.1) is 22.6 Å². The molecule has 166 valence electrons. The molecule has 4 rings (SSSR count). The average molecular weight is 479 g/mol. The topological polar surface area (TPSA) is 59.9 Å². The first-order valence-electron chi connectivity index (χ1n) is 9.68. The third kappa shape index (κ3) is 4.35. The average Bonchev–Trinajstić information content (AvgIpc) is 3.05. The number of nitrogens with zero attached hydrogens (tertiary/aromatic N) is 3. The van der Waals surface area contributed by atoms with Crippen molar-refractivity contribution in [2.45, 2.75) is 26.9 Å². The Morgan fingerprint density at radius 3 is 2.44 bits per heavy atom. The van der Waals surface area contributed by atoms with Crippen LogP contribution in [0, 0.1) is 13.8 Å². The van der Waals surface area contributed by atoms with Crippen LogP contribution in [-0.4, -0.2) is 21.6 Å². The van der Waals surface area contributed by atoms with Gasteiger partial charge in [-0.05, 0) is 44.5 Å². The fourth-order valence-electron chi connectivity index (χ4n) is 3.34. The van der Waals surface area contributed by atoms with Crippen LogP contribution in [-0.2, 0) is 6.18 Å². The molecule has 0 aliphatic heterocycles. The first-order valence-corrected chi connectivity index (χ1v) is 10.9. The first kappa shape index (κ1) is 22.3. The number of pyridine rings is 1. The van der Waals surface area contributed by atoms with Crippen LogP contribution in [0.25, 0.3) is 21.3 Å². The number of alkyl halides is 3. The largest absolute Gasteiger partial charge is 0.494 e. The molecule has 4 aromatic rings. The molecule has 3 heterocycles. The van der Waals surface area contributed by atoms with Gasteiger partial charge in [0.1, 0.15) is 28.0 Å². The number of halogens is 4. The van der Waals surface area contributed by atoms with Crippen molar-refractivity contribution in [3.63, 3.8) is 0 Å². The number of benzene rings is 1. The predicted octanol–water partition coefficient (Wildman–Crippen LogP) is 7.18. The molecule has 0 radical (unpaired) electrons. The summed E-state index contributed by atoms with van der Waals surface area (Å²) in [4.78, 5) is 14.7. The number of hydrogen-bond donors (Lipinski definition) is 1. The number of anilines is 2. The Kier molecular flexibility index (Phi) is 5.96. The van der Waals surface area contributed by atoms with Crippen LogP contribution in [0.5, 0.6) is 5.75 Å². The van der Waals surface area contributed by atoms with E-state index in [1.165, 1.54) is 11.3 Å². The molecule has 0 saturated carbocycles. The molecule has 0 spiro atoms. The zero-order valence-corrected chi connectivity index (χ0v) is 18.9. The minimum atomic E-state index is -4.53. The SMILES string of the molecule is CCOc1ccc(-c2c(C)sc3nc(C)nc(Nc4ncc(C(F)(F)F)cc4Cl)c23)cc1. The molecule has 0 amide bonds. The van der Waals surface area contributed by atoms with Crippen molar-refractivity contribution in [1.82, 2.24) is 15.0 Å². The Morgan fingerprint density at radius 1 is 1.09 bits per heavy atom. The highest BCUT2D eigenvalue weighted by Crippen LogP contribution is 2.42. The highest BCUT2D eigenvalue weighted by molar-refractivity contribution is 7.19. The third-order valence-corrected chi connectivity index (χ3v) is 5.99. The van der Waals surface area contributed by atoms with Crippen LogP contribution < -0.4 is 10.1 Å². The van der Waals surface area contributed by atoms with Gasteiger partial charge in [-0.2, -0.15) is 13.2 Å². The van der Waals surface area contributed by atoms with Crippen molar-refractivity contribution in [3.05, 3.63) is 57.8 Å². The van der Waals surface area contributed by atoms with Gasteiger partial charge in [-0.1, -0.05) is 23.7 Å². The molecule has 1 aromatic carbocycles. The minimum absolute atomic E-state index is 0.0839. The predicted molar refractivity (Wildman–Crippen MR) is 121 cm³/mol. The fraction of sp³-hybridized carbons (Fsp3) is 0.227.